The van der Waals surface area contributed by atoms with E-state index >= 15 is 0 Å². The van der Waals surface area contributed by atoms with E-state index in [2.05, 4.69) is 222 Å². The average molecular weight is 844 g/mol. The van der Waals surface area contributed by atoms with E-state index in [1.807, 2.05) is 12.3 Å². The summed E-state index contributed by atoms with van der Waals surface area (Å²) < 4.78 is 2.36. The molecule has 4 aromatic heterocycles. The molecule has 5 heterocycles. The third-order valence-electron chi connectivity index (χ3n) is 13.2. The van der Waals surface area contributed by atoms with Gasteiger partial charge in [0.05, 0.1) is 39.5 Å². The Labute approximate surface area is 383 Å². The second-order valence-electron chi connectivity index (χ2n) is 17.1. The molecule has 0 saturated heterocycles. The maximum atomic E-state index is 5.58. The molecule has 310 valence electrons. The fourth-order valence-corrected chi connectivity index (χ4v) is 10.1. The molecule has 0 saturated carbocycles. The molecule has 11 aromatic rings. The first kappa shape index (κ1) is 37.8. The number of benzene rings is 7. The Morgan fingerprint density at radius 2 is 1.09 bits per heavy atom. The molecular weight excluding hydrogens is 803 g/mol. The Morgan fingerprint density at radius 3 is 1.82 bits per heavy atom. The smallest absolute Gasteiger partial charge is 0.138 e. The van der Waals surface area contributed by atoms with Gasteiger partial charge in [0.25, 0.3) is 0 Å². The standard InChI is InChI=1S/C61H41N5/c1-5-17-40(18-6-1)46-34-53(42-21-9-3-10-22-42)63-59(36-46)65-55-31-30-45(52-28-13-14-32-62-52)33-49(55)51-38-50-48-27-15-25-44-26-16-29-56(61(44)48)66(57(50)39-58(51)65)60-37-47(41-19-7-2-8-20-41)35-54(64-60)43-23-11-4-12-24-43/h1-3,5-11,13-39H,4,12H2. The lowest BCUT2D eigenvalue weighted by Crippen LogP contribution is -2.17. The lowest BCUT2D eigenvalue weighted by molar-refractivity contribution is 1.04. The van der Waals surface area contributed by atoms with E-state index in [4.69, 9.17) is 15.0 Å². The van der Waals surface area contributed by atoms with Crippen molar-refractivity contribution in [2.75, 3.05) is 4.90 Å². The summed E-state index contributed by atoms with van der Waals surface area (Å²) in [7, 11) is 0. The highest BCUT2D eigenvalue weighted by atomic mass is 15.2. The summed E-state index contributed by atoms with van der Waals surface area (Å²) in [5.41, 5.74) is 17.2. The third kappa shape index (κ3) is 6.35. The predicted molar refractivity (Wildman–Crippen MR) is 273 cm³/mol. The van der Waals surface area contributed by atoms with Crippen LogP contribution in [0.15, 0.2) is 225 Å². The van der Waals surface area contributed by atoms with Crippen LogP contribution in [0.1, 0.15) is 18.5 Å². The number of pyridine rings is 3. The minimum Gasteiger partial charge on any atom is -0.294 e. The van der Waals surface area contributed by atoms with Gasteiger partial charge in [-0.15, -0.1) is 0 Å². The monoisotopic (exact) mass is 843 g/mol. The number of allylic oxidation sites excluding steroid dienone is 4. The number of anilines is 3. The Morgan fingerprint density at radius 1 is 0.409 bits per heavy atom. The topological polar surface area (TPSA) is 46.8 Å². The molecule has 13 rings (SSSR count). The largest absolute Gasteiger partial charge is 0.294 e. The molecule has 0 bridgehead atoms. The lowest BCUT2D eigenvalue weighted by atomic mass is 9.90. The minimum atomic E-state index is 0.841. The normalized spacial score (nSPS) is 13.0. The van der Waals surface area contributed by atoms with Crippen molar-refractivity contribution in [3.63, 3.8) is 0 Å². The van der Waals surface area contributed by atoms with E-state index in [1.54, 1.807) is 0 Å². The second kappa shape index (κ2) is 15.5. The zero-order valence-corrected chi connectivity index (χ0v) is 36.0. The van der Waals surface area contributed by atoms with Gasteiger partial charge in [0.2, 0.25) is 0 Å². The summed E-state index contributed by atoms with van der Waals surface area (Å²) in [5.74, 6) is 1.71. The highest BCUT2D eigenvalue weighted by Crippen LogP contribution is 2.53. The van der Waals surface area contributed by atoms with Crippen LogP contribution in [0.25, 0.3) is 99.9 Å². The van der Waals surface area contributed by atoms with E-state index in [1.165, 1.54) is 16.3 Å². The molecular formula is C61H41N5. The second-order valence-corrected chi connectivity index (χ2v) is 17.1. The van der Waals surface area contributed by atoms with Crippen LogP contribution in [0.4, 0.5) is 17.2 Å². The summed E-state index contributed by atoms with van der Waals surface area (Å²) in [6.45, 7) is 0. The van der Waals surface area contributed by atoms with Crippen LogP contribution in [-0.2, 0) is 0 Å². The van der Waals surface area contributed by atoms with Crippen molar-refractivity contribution >= 4 is 55.3 Å². The van der Waals surface area contributed by atoms with Gasteiger partial charge in [-0.3, -0.25) is 14.5 Å². The van der Waals surface area contributed by atoms with Crippen LogP contribution < -0.4 is 4.90 Å². The summed E-state index contributed by atoms with van der Waals surface area (Å²) in [6, 6.07) is 71.7. The average Bonchev–Trinajstić information content (AvgIpc) is 3.72. The molecule has 0 spiro atoms. The first-order chi connectivity index (χ1) is 32.7. The summed E-state index contributed by atoms with van der Waals surface area (Å²) in [6.07, 6.45) is 10.7. The van der Waals surface area contributed by atoms with Gasteiger partial charge in [-0.05, 0) is 118 Å². The highest BCUT2D eigenvalue weighted by Gasteiger charge is 2.30. The number of hydrogen-bond donors (Lipinski definition) is 0. The SMILES string of the molecule is C1=CC(c2cc(-c3ccccc3)cc(N3c4cc5c(cc4-c4cccc6cccc3c46)c3cc(-c4ccccn4)ccc3n5-c3cc(-c4ccccc4)cc(-c4ccccc4)n3)n2)=CCC1. The lowest BCUT2D eigenvalue weighted by Gasteiger charge is -2.33. The first-order valence-corrected chi connectivity index (χ1v) is 22.7. The summed E-state index contributed by atoms with van der Waals surface area (Å²) in [4.78, 5) is 18.3. The van der Waals surface area contributed by atoms with Crippen LogP contribution in [0.3, 0.4) is 0 Å². The quantitative estimate of drug-likeness (QED) is 0.160. The van der Waals surface area contributed by atoms with E-state index < -0.39 is 0 Å². The van der Waals surface area contributed by atoms with Crippen molar-refractivity contribution in [3.05, 3.63) is 230 Å². The molecule has 0 fully saturated rings. The third-order valence-corrected chi connectivity index (χ3v) is 13.2. The number of nitrogens with zero attached hydrogens (tertiary/aromatic N) is 5. The Balaban J connectivity index is 1.14. The maximum Gasteiger partial charge on any atom is 0.138 e. The van der Waals surface area contributed by atoms with Gasteiger partial charge in [-0.1, -0.05) is 152 Å². The van der Waals surface area contributed by atoms with Crippen LogP contribution in [0.5, 0.6) is 0 Å². The summed E-state index contributed by atoms with van der Waals surface area (Å²) in [5, 5.41) is 4.66. The van der Waals surface area contributed by atoms with E-state index in [-0.39, 0.29) is 0 Å². The van der Waals surface area contributed by atoms with Gasteiger partial charge in [-0.25, -0.2) is 9.97 Å². The molecule has 2 aliphatic rings. The van der Waals surface area contributed by atoms with Gasteiger partial charge in [0.1, 0.15) is 11.6 Å². The van der Waals surface area contributed by atoms with Crippen molar-refractivity contribution in [1.82, 2.24) is 19.5 Å². The molecule has 1 aliphatic carbocycles. The van der Waals surface area contributed by atoms with Crippen LogP contribution in [0.2, 0.25) is 0 Å². The molecule has 66 heavy (non-hydrogen) atoms. The molecule has 7 aromatic carbocycles. The van der Waals surface area contributed by atoms with E-state index in [9.17, 15) is 0 Å². The van der Waals surface area contributed by atoms with Gasteiger partial charge < -0.3 is 0 Å². The van der Waals surface area contributed by atoms with Gasteiger partial charge in [0, 0.05) is 39.0 Å². The molecule has 0 radical (unpaired) electrons. The minimum absolute atomic E-state index is 0.841. The number of hydrogen-bond acceptors (Lipinski definition) is 4. The maximum absolute atomic E-state index is 5.58. The Bertz CT molecular complexity index is 3680. The van der Waals surface area contributed by atoms with Crippen molar-refractivity contribution in [3.8, 4) is 61.7 Å². The van der Waals surface area contributed by atoms with Crippen LogP contribution >= 0.6 is 0 Å². The molecule has 0 N–H and O–H groups in total. The van der Waals surface area contributed by atoms with E-state index in [0.29, 0.717) is 0 Å². The van der Waals surface area contributed by atoms with E-state index in [0.717, 1.165) is 119 Å². The number of aromatic nitrogens is 4. The molecule has 5 heteroatoms. The molecule has 0 unspecified atom stereocenters. The van der Waals surface area contributed by atoms with Crippen LogP contribution in [-0.4, -0.2) is 19.5 Å². The van der Waals surface area contributed by atoms with Gasteiger partial charge >= 0.3 is 0 Å². The fraction of sp³-hybridized carbons (Fsp3) is 0.0328. The molecule has 1 aliphatic heterocycles. The zero-order valence-electron chi connectivity index (χ0n) is 36.0. The summed E-state index contributed by atoms with van der Waals surface area (Å²) >= 11 is 0. The number of fused-ring (bicyclic) bond motifs is 5. The van der Waals surface area contributed by atoms with Crippen molar-refractivity contribution in [1.29, 1.82) is 0 Å². The van der Waals surface area contributed by atoms with Crippen LogP contribution in [0, 0.1) is 0 Å². The number of rotatable bonds is 7. The van der Waals surface area contributed by atoms with Crippen molar-refractivity contribution in [2.24, 2.45) is 0 Å². The Hall–Kier alpha value is -8.67. The highest BCUT2D eigenvalue weighted by molar-refractivity contribution is 6.19. The van der Waals surface area contributed by atoms with Crippen molar-refractivity contribution < 1.29 is 0 Å². The van der Waals surface area contributed by atoms with Gasteiger partial charge in [0.15, 0.2) is 0 Å². The van der Waals surface area contributed by atoms with Crippen molar-refractivity contribution in [2.45, 2.75) is 12.8 Å². The fourth-order valence-electron chi connectivity index (χ4n) is 10.1. The molecule has 0 atom stereocenters. The first-order valence-electron chi connectivity index (χ1n) is 22.7. The predicted octanol–water partition coefficient (Wildman–Crippen LogP) is 16.0. The Kier molecular flexibility index (Phi) is 8.91. The molecule has 5 nitrogen and oxygen atoms in total. The van der Waals surface area contributed by atoms with Gasteiger partial charge in [-0.2, -0.15) is 0 Å². The zero-order chi connectivity index (χ0) is 43.6. The molecule has 0 amide bonds.